The van der Waals surface area contributed by atoms with Crippen molar-refractivity contribution in [1.82, 2.24) is 4.68 Å². The molecule has 5 rings (SSSR count). The number of nitrogens with one attached hydrogen (secondary N) is 1. The van der Waals surface area contributed by atoms with Crippen LogP contribution in [0.3, 0.4) is 0 Å². The molecule has 0 spiro atoms. The van der Waals surface area contributed by atoms with E-state index in [2.05, 4.69) is 41.8 Å². The number of benzene rings is 4. The van der Waals surface area contributed by atoms with Crippen molar-refractivity contribution in [2.45, 2.75) is 9.79 Å². The minimum Gasteiger partial charge on any atom is -0.267 e. The van der Waals surface area contributed by atoms with Gasteiger partial charge in [0.1, 0.15) is 0 Å². The van der Waals surface area contributed by atoms with Gasteiger partial charge in [0.2, 0.25) is 0 Å². The Kier molecular flexibility index (Phi) is 5.67. The zero-order valence-electron chi connectivity index (χ0n) is 17.3. The van der Waals surface area contributed by atoms with Gasteiger partial charge in [-0.25, -0.2) is 8.78 Å². The molecule has 1 N–H and O–H groups in total. The van der Waals surface area contributed by atoms with Crippen LogP contribution in [0, 0.1) is 11.6 Å². The van der Waals surface area contributed by atoms with Gasteiger partial charge in [-0.2, -0.15) is 0 Å². The van der Waals surface area contributed by atoms with Gasteiger partial charge in [0.05, 0.1) is 5.52 Å². The van der Waals surface area contributed by atoms with Crippen LogP contribution in [0.1, 0.15) is 10.4 Å². The smallest absolute Gasteiger partial charge is 0.267 e. The third kappa shape index (κ3) is 4.38. The monoisotopic (exact) mass is 456 g/mol. The SMILES string of the molecule is O=C(Nn1cc(Sc2ccc(-c3ccccc3)cc2)c2ccccc21)c1ccc(F)c(F)c1. The maximum absolute atomic E-state index is 13.5. The van der Waals surface area contributed by atoms with Gasteiger partial charge < -0.3 is 0 Å². The van der Waals surface area contributed by atoms with E-state index in [4.69, 9.17) is 0 Å². The molecule has 0 aliphatic heterocycles. The number of carbonyl (C=O) groups is 1. The highest BCUT2D eigenvalue weighted by Crippen LogP contribution is 2.35. The van der Waals surface area contributed by atoms with E-state index in [0.29, 0.717) is 0 Å². The lowest BCUT2D eigenvalue weighted by molar-refractivity contribution is 0.101. The summed E-state index contributed by atoms with van der Waals surface area (Å²) in [6, 6.07) is 29.3. The summed E-state index contributed by atoms with van der Waals surface area (Å²) in [6.45, 7) is 0. The van der Waals surface area contributed by atoms with Crippen molar-refractivity contribution in [3.63, 3.8) is 0 Å². The molecule has 0 aliphatic carbocycles. The van der Waals surface area contributed by atoms with Crippen LogP contribution in [-0.4, -0.2) is 10.6 Å². The number of carbonyl (C=O) groups excluding carboxylic acids is 1. The molecule has 162 valence electrons. The molecule has 0 saturated heterocycles. The van der Waals surface area contributed by atoms with Crippen LogP contribution in [-0.2, 0) is 0 Å². The number of nitrogens with zero attached hydrogens (tertiary/aromatic N) is 1. The standard InChI is InChI=1S/C27H18F2N2OS/c28-23-15-12-20(16-24(23)29)27(32)30-31-17-26(22-8-4-5-9-25(22)31)33-21-13-10-19(11-14-21)18-6-2-1-3-7-18/h1-17H,(H,30,32). The first-order valence-corrected chi connectivity index (χ1v) is 11.1. The fraction of sp³-hybridized carbons (Fsp3) is 0. The molecule has 1 amide bonds. The highest BCUT2D eigenvalue weighted by atomic mass is 32.2. The lowest BCUT2D eigenvalue weighted by atomic mass is 10.1. The molecule has 0 unspecified atom stereocenters. The van der Waals surface area contributed by atoms with E-state index in [9.17, 15) is 13.6 Å². The first kappa shape index (κ1) is 21.0. The lowest BCUT2D eigenvalue weighted by Crippen LogP contribution is -2.22. The third-order valence-electron chi connectivity index (χ3n) is 5.27. The summed E-state index contributed by atoms with van der Waals surface area (Å²) in [5.74, 6) is -2.58. The molecule has 0 saturated carbocycles. The van der Waals surface area contributed by atoms with Crippen LogP contribution in [0.25, 0.3) is 22.0 Å². The average Bonchev–Trinajstić information content (AvgIpc) is 3.19. The van der Waals surface area contributed by atoms with Crippen molar-refractivity contribution < 1.29 is 13.6 Å². The van der Waals surface area contributed by atoms with E-state index < -0.39 is 17.5 Å². The lowest BCUT2D eigenvalue weighted by Gasteiger charge is -2.08. The zero-order chi connectivity index (χ0) is 22.8. The second kappa shape index (κ2) is 8.92. The summed E-state index contributed by atoms with van der Waals surface area (Å²) in [5, 5.41) is 0.972. The van der Waals surface area contributed by atoms with E-state index in [1.807, 2.05) is 48.7 Å². The number of hydrogen-bond acceptors (Lipinski definition) is 2. The molecule has 33 heavy (non-hydrogen) atoms. The van der Waals surface area contributed by atoms with E-state index in [0.717, 1.165) is 44.0 Å². The molecular formula is C27H18F2N2OS. The second-order valence-electron chi connectivity index (χ2n) is 7.44. The molecule has 0 atom stereocenters. The number of amides is 1. The minimum absolute atomic E-state index is 0.0392. The van der Waals surface area contributed by atoms with Crippen molar-refractivity contribution in [1.29, 1.82) is 0 Å². The van der Waals surface area contributed by atoms with Gasteiger partial charge in [-0.1, -0.05) is 72.4 Å². The second-order valence-corrected chi connectivity index (χ2v) is 8.56. The van der Waals surface area contributed by atoms with Crippen molar-refractivity contribution in [2.24, 2.45) is 0 Å². The van der Waals surface area contributed by atoms with Crippen LogP contribution >= 0.6 is 11.8 Å². The Balaban J connectivity index is 1.41. The summed E-state index contributed by atoms with van der Waals surface area (Å²) >= 11 is 1.59. The Morgan fingerprint density at radius 1 is 0.758 bits per heavy atom. The summed E-state index contributed by atoms with van der Waals surface area (Å²) < 4.78 is 28.4. The Bertz CT molecular complexity index is 1450. The Hall–Kier alpha value is -3.90. The first-order valence-electron chi connectivity index (χ1n) is 10.3. The number of fused-ring (bicyclic) bond motifs is 1. The van der Waals surface area contributed by atoms with Gasteiger partial charge in [-0.15, -0.1) is 0 Å². The number of para-hydroxylation sites is 1. The molecule has 1 heterocycles. The van der Waals surface area contributed by atoms with Gasteiger partial charge in [0.25, 0.3) is 5.91 Å². The molecule has 1 aromatic heterocycles. The van der Waals surface area contributed by atoms with Crippen molar-refractivity contribution >= 4 is 28.6 Å². The molecule has 3 nitrogen and oxygen atoms in total. The molecular weight excluding hydrogens is 438 g/mol. The topological polar surface area (TPSA) is 34.0 Å². The first-order chi connectivity index (χ1) is 16.1. The van der Waals surface area contributed by atoms with Crippen LogP contribution in [0.4, 0.5) is 8.78 Å². The van der Waals surface area contributed by atoms with Crippen LogP contribution in [0.5, 0.6) is 0 Å². The summed E-state index contributed by atoms with van der Waals surface area (Å²) in [6.07, 6.45) is 1.83. The maximum atomic E-state index is 13.5. The van der Waals surface area contributed by atoms with Crippen LogP contribution in [0.15, 0.2) is 113 Å². The molecule has 0 aliphatic rings. The van der Waals surface area contributed by atoms with Gasteiger partial charge >= 0.3 is 0 Å². The molecule has 4 aromatic carbocycles. The number of hydrogen-bond donors (Lipinski definition) is 1. The fourth-order valence-corrected chi connectivity index (χ4v) is 4.57. The number of rotatable bonds is 5. The van der Waals surface area contributed by atoms with Crippen molar-refractivity contribution in [2.75, 3.05) is 5.43 Å². The highest BCUT2D eigenvalue weighted by Gasteiger charge is 2.14. The van der Waals surface area contributed by atoms with Gasteiger partial charge in [-0.3, -0.25) is 14.9 Å². The Morgan fingerprint density at radius 3 is 2.21 bits per heavy atom. The van der Waals surface area contributed by atoms with E-state index in [-0.39, 0.29) is 5.56 Å². The van der Waals surface area contributed by atoms with Crippen LogP contribution in [0.2, 0.25) is 0 Å². The van der Waals surface area contributed by atoms with Gasteiger partial charge in [-0.05, 0) is 47.5 Å². The van der Waals surface area contributed by atoms with Crippen molar-refractivity contribution in [3.05, 3.63) is 120 Å². The Morgan fingerprint density at radius 2 is 1.45 bits per heavy atom. The normalized spacial score (nSPS) is 11.0. The zero-order valence-corrected chi connectivity index (χ0v) is 18.2. The molecule has 0 bridgehead atoms. The third-order valence-corrected chi connectivity index (χ3v) is 6.32. The molecule has 5 aromatic rings. The minimum atomic E-state index is -1.06. The summed E-state index contributed by atoms with van der Waals surface area (Å²) in [7, 11) is 0. The predicted octanol–water partition coefficient (Wildman–Crippen LogP) is 7.12. The van der Waals surface area contributed by atoms with Crippen LogP contribution < -0.4 is 5.43 Å². The van der Waals surface area contributed by atoms with E-state index >= 15 is 0 Å². The summed E-state index contributed by atoms with van der Waals surface area (Å²) in [5.41, 5.74) is 5.90. The molecule has 6 heteroatoms. The number of halogens is 2. The predicted molar refractivity (Wildman–Crippen MR) is 128 cm³/mol. The van der Waals surface area contributed by atoms with E-state index in [1.54, 1.807) is 16.4 Å². The highest BCUT2D eigenvalue weighted by molar-refractivity contribution is 7.99. The molecule has 0 fully saturated rings. The molecule has 0 radical (unpaired) electrons. The number of aromatic nitrogens is 1. The Labute approximate surface area is 193 Å². The fourth-order valence-electron chi connectivity index (χ4n) is 3.61. The summed E-state index contributed by atoms with van der Waals surface area (Å²) in [4.78, 5) is 14.7. The quantitative estimate of drug-likeness (QED) is 0.305. The maximum Gasteiger partial charge on any atom is 0.270 e. The van der Waals surface area contributed by atoms with Gasteiger partial charge in [0.15, 0.2) is 11.6 Å². The largest absolute Gasteiger partial charge is 0.270 e. The van der Waals surface area contributed by atoms with Crippen molar-refractivity contribution in [3.8, 4) is 11.1 Å². The van der Waals surface area contributed by atoms with Gasteiger partial charge in [0, 0.05) is 26.9 Å². The van der Waals surface area contributed by atoms with E-state index in [1.165, 1.54) is 6.07 Å². The average molecular weight is 457 g/mol.